The Morgan fingerprint density at radius 3 is 2.80 bits per heavy atom. The van der Waals surface area contributed by atoms with Gasteiger partial charge in [-0.2, -0.15) is 0 Å². The molecule has 0 radical (unpaired) electrons. The normalized spacial score (nSPS) is 10.1. The highest BCUT2D eigenvalue weighted by Crippen LogP contribution is 2.34. The highest BCUT2D eigenvalue weighted by molar-refractivity contribution is 6.30. The molecule has 0 aliphatic heterocycles. The lowest BCUT2D eigenvalue weighted by Gasteiger charge is -2.09. The summed E-state index contributed by atoms with van der Waals surface area (Å²) in [5.74, 6) is -0.141. The first kappa shape index (κ1) is 13.8. The van der Waals surface area contributed by atoms with E-state index in [9.17, 15) is 10.1 Å². The molecule has 0 saturated carbocycles. The lowest BCUT2D eigenvalue weighted by atomic mass is 10.2. The Morgan fingerprint density at radius 2 is 2.15 bits per heavy atom. The van der Waals surface area contributed by atoms with Gasteiger partial charge in [0, 0.05) is 17.3 Å². The number of rotatable bonds is 4. The van der Waals surface area contributed by atoms with Crippen LogP contribution < -0.4 is 10.5 Å². The first-order chi connectivity index (χ1) is 9.49. The Bertz CT molecular complexity index is 690. The molecule has 0 atom stereocenters. The molecule has 0 fully saturated rings. The molecular weight excluding hydrogens is 284 g/mol. The first-order valence-corrected chi connectivity index (χ1v) is 5.78. The van der Waals surface area contributed by atoms with Crippen LogP contribution >= 0.6 is 11.6 Å². The lowest BCUT2D eigenvalue weighted by Crippen LogP contribution is -2.14. The van der Waals surface area contributed by atoms with Crippen LogP contribution in [0.25, 0.3) is 0 Å². The molecule has 2 rings (SSSR count). The maximum atomic E-state index is 11.0. The van der Waals surface area contributed by atoms with Crippen molar-refractivity contribution in [3.05, 3.63) is 57.4 Å². The van der Waals surface area contributed by atoms with Gasteiger partial charge in [0.2, 0.25) is 5.75 Å². The SMILES string of the molecule is N=C(N)c1ncccc1Oc1ccc(Cl)cc1[N+](=O)[O-]. The maximum absolute atomic E-state index is 11.0. The summed E-state index contributed by atoms with van der Waals surface area (Å²) in [6, 6.07) is 7.11. The number of nitro benzene ring substituents is 1. The minimum atomic E-state index is -0.606. The monoisotopic (exact) mass is 292 g/mol. The topological polar surface area (TPSA) is 115 Å². The fourth-order valence-corrected chi connectivity index (χ4v) is 1.68. The van der Waals surface area contributed by atoms with Crippen molar-refractivity contribution >= 4 is 23.1 Å². The van der Waals surface area contributed by atoms with E-state index >= 15 is 0 Å². The molecule has 20 heavy (non-hydrogen) atoms. The number of pyridine rings is 1. The Kier molecular flexibility index (Phi) is 3.81. The zero-order valence-electron chi connectivity index (χ0n) is 10.0. The molecule has 0 amide bonds. The number of aromatic nitrogens is 1. The van der Waals surface area contributed by atoms with Gasteiger partial charge in [-0.05, 0) is 24.3 Å². The van der Waals surface area contributed by atoms with Crippen molar-refractivity contribution in [3.63, 3.8) is 0 Å². The van der Waals surface area contributed by atoms with Gasteiger partial charge in [0.15, 0.2) is 5.75 Å². The number of nitrogen functional groups attached to an aromatic ring is 1. The van der Waals surface area contributed by atoms with Crippen LogP contribution in [-0.4, -0.2) is 15.7 Å². The smallest absolute Gasteiger partial charge is 0.313 e. The van der Waals surface area contributed by atoms with Gasteiger partial charge in [-0.15, -0.1) is 0 Å². The van der Waals surface area contributed by atoms with E-state index in [-0.39, 0.29) is 33.7 Å². The maximum Gasteiger partial charge on any atom is 0.313 e. The number of nitrogens with one attached hydrogen (secondary N) is 1. The predicted octanol–water partition coefficient (Wildman–Crippen LogP) is 2.72. The molecule has 0 saturated heterocycles. The lowest BCUT2D eigenvalue weighted by molar-refractivity contribution is -0.385. The summed E-state index contributed by atoms with van der Waals surface area (Å²) < 4.78 is 5.43. The third-order valence-electron chi connectivity index (χ3n) is 2.36. The van der Waals surface area contributed by atoms with Crippen molar-refractivity contribution in [2.75, 3.05) is 0 Å². The Balaban J connectivity index is 2.45. The van der Waals surface area contributed by atoms with E-state index in [1.165, 1.54) is 30.5 Å². The van der Waals surface area contributed by atoms with Crippen LogP contribution in [0.4, 0.5) is 5.69 Å². The molecule has 1 aromatic heterocycles. The average molecular weight is 293 g/mol. The summed E-state index contributed by atoms with van der Waals surface area (Å²) in [7, 11) is 0. The molecule has 8 heteroatoms. The standard InChI is InChI=1S/C12H9ClN4O3/c13-7-3-4-9(8(6-7)17(18)19)20-10-2-1-5-16-11(10)12(14)15/h1-6H,(H3,14,15). The Labute approximate surface area is 118 Å². The number of amidine groups is 1. The molecule has 0 spiro atoms. The predicted molar refractivity (Wildman–Crippen MR) is 73.4 cm³/mol. The van der Waals surface area contributed by atoms with E-state index in [2.05, 4.69) is 4.98 Å². The zero-order chi connectivity index (χ0) is 14.7. The zero-order valence-corrected chi connectivity index (χ0v) is 10.8. The van der Waals surface area contributed by atoms with Crippen molar-refractivity contribution in [1.82, 2.24) is 4.98 Å². The van der Waals surface area contributed by atoms with Gasteiger partial charge >= 0.3 is 5.69 Å². The Morgan fingerprint density at radius 1 is 1.40 bits per heavy atom. The second kappa shape index (κ2) is 5.54. The van der Waals surface area contributed by atoms with Crippen LogP contribution in [0.3, 0.4) is 0 Å². The van der Waals surface area contributed by atoms with Crippen molar-refractivity contribution in [2.45, 2.75) is 0 Å². The summed E-state index contributed by atoms with van der Waals surface area (Å²) in [5.41, 5.74) is 5.20. The van der Waals surface area contributed by atoms with E-state index in [0.29, 0.717) is 0 Å². The summed E-state index contributed by atoms with van der Waals surface area (Å²) in [6.07, 6.45) is 1.44. The molecule has 0 aliphatic rings. The highest BCUT2D eigenvalue weighted by atomic mass is 35.5. The van der Waals surface area contributed by atoms with Gasteiger partial charge in [0.1, 0.15) is 11.5 Å². The van der Waals surface area contributed by atoms with E-state index in [1.54, 1.807) is 6.07 Å². The fourth-order valence-electron chi connectivity index (χ4n) is 1.51. The second-order valence-corrected chi connectivity index (χ2v) is 4.17. The largest absolute Gasteiger partial charge is 0.448 e. The Hall–Kier alpha value is -2.67. The number of hydrogen-bond acceptors (Lipinski definition) is 5. The van der Waals surface area contributed by atoms with Crippen molar-refractivity contribution in [2.24, 2.45) is 5.73 Å². The molecule has 1 heterocycles. The van der Waals surface area contributed by atoms with E-state index in [4.69, 9.17) is 27.5 Å². The molecule has 2 aromatic rings. The number of ether oxygens (including phenoxy) is 1. The van der Waals surface area contributed by atoms with E-state index < -0.39 is 4.92 Å². The molecule has 0 aliphatic carbocycles. The summed E-state index contributed by atoms with van der Waals surface area (Å²) in [5, 5.41) is 18.6. The van der Waals surface area contributed by atoms with Crippen molar-refractivity contribution in [3.8, 4) is 11.5 Å². The summed E-state index contributed by atoms with van der Waals surface area (Å²) in [4.78, 5) is 14.3. The van der Waals surface area contributed by atoms with Gasteiger partial charge in [-0.1, -0.05) is 11.6 Å². The second-order valence-electron chi connectivity index (χ2n) is 3.74. The summed E-state index contributed by atoms with van der Waals surface area (Å²) >= 11 is 5.72. The van der Waals surface area contributed by atoms with E-state index in [0.717, 1.165) is 0 Å². The van der Waals surface area contributed by atoms with Gasteiger partial charge in [-0.3, -0.25) is 15.5 Å². The molecule has 0 bridgehead atoms. The van der Waals surface area contributed by atoms with Gasteiger partial charge in [0.25, 0.3) is 0 Å². The molecule has 0 unspecified atom stereocenters. The third kappa shape index (κ3) is 2.83. The van der Waals surface area contributed by atoms with Gasteiger partial charge in [-0.25, -0.2) is 4.98 Å². The quantitative estimate of drug-likeness (QED) is 0.389. The third-order valence-corrected chi connectivity index (χ3v) is 2.60. The van der Waals surface area contributed by atoms with Crippen molar-refractivity contribution < 1.29 is 9.66 Å². The van der Waals surface area contributed by atoms with Crippen LogP contribution in [-0.2, 0) is 0 Å². The number of halogens is 1. The average Bonchev–Trinajstić information content (AvgIpc) is 2.41. The fraction of sp³-hybridized carbons (Fsp3) is 0. The number of benzene rings is 1. The van der Waals surface area contributed by atoms with Gasteiger partial charge in [0.05, 0.1) is 4.92 Å². The van der Waals surface area contributed by atoms with Crippen molar-refractivity contribution in [1.29, 1.82) is 5.41 Å². The number of nitrogens with two attached hydrogens (primary N) is 1. The molecule has 1 aromatic carbocycles. The van der Waals surface area contributed by atoms with E-state index in [1.807, 2.05) is 0 Å². The van der Waals surface area contributed by atoms with Crippen LogP contribution in [0.15, 0.2) is 36.5 Å². The highest BCUT2D eigenvalue weighted by Gasteiger charge is 2.18. The molecule has 7 nitrogen and oxygen atoms in total. The number of hydrogen-bond donors (Lipinski definition) is 2. The summed E-state index contributed by atoms with van der Waals surface area (Å²) in [6.45, 7) is 0. The number of nitrogens with zero attached hydrogens (tertiary/aromatic N) is 2. The van der Waals surface area contributed by atoms with Gasteiger partial charge < -0.3 is 10.5 Å². The minimum Gasteiger partial charge on any atom is -0.448 e. The first-order valence-electron chi connectivity index (χ1n) is 5.40. The van der Waals surface area contributed by atoms with Crippen LogP contribution in [0, 0.1) is 15.5 Å². The molecule has 3 N–H and O–H groups in total. The van der Waals surface area contributed by atoms with Crippen LogP contribution in [0.5, 0.6) is 11.5 Å². The number of nitro groups is 1. The van der Waals surface area contributed by atoms with Crippen LogP contribution in [0.2, 0.25) is 5.02 Å². The minimum absolute atomic E-state index is 0.00472. The molecule has 102 valence electrons. The molecular formula is C12H9ClN4O3. The van der Waals surface area contributed by atoms with Crippen LogP contribution in [0.1, 0.15) is 5.69 Å².